The van der Waals surface area contributed by atoms with Crippen molar-refractivity contribution in [1.82, 2.24) is 5.32 Å². The van der Waals surface area contributed by atoms with E-state index in [2.05, 4.69) is 5.32 Å². The summed E-state index contributed by atoms with van der Waals surface area (Å²) >= 11 is 0. The molecule has 7 nitrogen and oxygen atoms in total. The Morgan fingerprint density at radius 1 is 0.969 bits per heavy atom. The van der Waals surface area contributed by atoms with Gasteiger partial charge in [-0.3, -0.25) is 14.9 Å². The first-order valence-corrected chi connectivity index (χ1v) is 9.87. The minimum Gasteiger partial charge on any atom is -0.467 e. The maximum absolute atomic E-state index is 13.0. The van der Waals surface area contributed by atoms with Crippen molar-refractivity contribution < 1.29 is 19.2 Å². The first kappa shape index (κ1) is 22.4. The highest BCUT2D eigenvalue weighted by Gasteiger charge is 2.39. The Kier molecular flexibility index (Phi) is 7.13. The molecule has 1 N–H and O–H groups in total. The van der Waals surface area contributed by atoms with Gasteiger partial charge in [0.2, 0.25) is 0 Å². The third-order valence-electron chi connectivity index (χ3n) is 4.91. The van der Waals surface area contributed by atoms with E-state index in [1.54, 1.807) is 54.6 Å². The lowest BCUT2D eigenvalue weighted by Crippen LogP contribution is -2.55. The summed E-state index contributed by atoms with van der Waals surface area (Å²) in [5, 5.41) is 13.7. The van der Waals surface area contributed by atoms with E-state index in [9.17, 15) is 19.7 Å². The first-order valence-electron chi connectivity index (χ1n) is 9.87. The van der Waals surface area contributed by atoms with Crippen LogP contribution >= 0.6 is 0 Å². The molecule has 0 spiro atoms. The monoisotopic (exact) mass is 430 g/mol. The van der Waals surface area contributed by atoms with Crippen LogP contribution in [0.2, 0.25) is 0 Å². The van der Waals surface area contributed by atoms with Crippen LogP contribution in [0.5, 0.6) is 0 Å². The summed E-state index contributed by atoms with van der Waals surface area (Å²) in [5.74, 6) is -1.07. The third kappa shape index (κ3) is 5.46. The SMILES string of the molecule is COC(=O)[C@](/C=C/c1ccc([N+](=O)[O-])cc1)(Cc1ccccc1)NC(=O)c1ccccc1. The molecule has 7 heteroatoms. The van der Waals surface area contributed by atoms with Gasteiger partial charge >= 0.3 is 5.97 Å². The van der Waals surface area contributed by atoms with Crippen LogP contribution in [0.15, 0.2) is 91.0 Å². The molecule has 3 aromatic rings. The average molecular weight is 430 g/mol. The molecule has 1 atom stereocenters. The van der Waals surface area contributed by atoms with Crippen molar-refractivity contribution in [3.8, 4) is 0 Å². The van der Waals surface area contributed by atoms with Gasteiger partial charge in [0.05, 0.1) is 12.0 Å². The number of rotatable bonds is 8. The topological polar surface area (TPSA) is 98.5 Å². The van der Waals surface area contributed by atoms with Gasteiger partial charge in [-0.1, -0.05) is 54.6 Å². The normalized spacial score (nSPS) is 12.7. The molecule has 0 unspecified atom stereocenters. The zero-order valence-corrected chi connectivity index (χ0v) is 17.4. The average Bonchev–Trinajstić information content (AvgIpc) is 2.83. The molecule has 1 amide bonds. The number of nitro benzene ring substituents is 1. The van der Waals surface area contributed by atoms with Crippen LogP contribution < -0.4 is 5.32 Å². The Morgan fingerprint density at radius 2 is 1.56 bits per heavy atom. The van der Waals surface area contributed by atoms with Crippen LogP contribution in [-0.2, 0) is 16.0 Å². The zero-order valence-electron chi connectivity index (χ0n) is 17.4. The smallest absolute Gasteiger partial charge is 0.336 e. The summed E-state index contributed by atoms with van der Waals surface area (Å²) in [6, 6.07) is 23.7. The predicted octanol–water partition coefficient (Wildman–Crippen LogP) is 4.19. The van der Waals surface area contributed by atoms with Crippen molar-refractivity contribution in [2.75, 3.05) is 7.11 Å². The minimum atomic E-state index is -1.50. The maximum Gasteiger partial charge on any atom is 0.336 e. The molecule has 0 aliphatic rings. The van der Waals surface area contributed by atoms with Crippen LogP contribution in [0.25, 0.3) is 6.08 Å². The number of nitrogens with one attached hydrogen (secondary N) is 1. The molecule has 0 saturated carbocycles. The van der Waals surface area contributed by atoms with E-state index >= 15 is 0 Å². The summed E-state index contributed by atoms with van der Waals surface area (Å²) in [7, 11) is 1.26. The van der Waals surface area contributed by atoms with Gasteiger partial charge in [-0.15, -0.1) is 0 Å². The Balaban J connectivity index is 2.01. The van der Waals surface area contributed by atoms with E-state index < -0.39 is 22.3 Å². The minimum absolute atomic E-state index is 0.0388. The number of nitro groups is 1. The molecular formula is C25H22N2O5. The summed E-state index contributed by atoms with van der Waals surface area (Å²) < 4.78 is 5.07. The van der Waals surface area contributed by atoms with Crippen LogP contribution in [0.4, 0.5) is 5.69 Å². The van der Waals surface area contributed by atoms with Crippen LogP contribution in [0.3, 0.4) is 0 Å². The van der Waals surface area contributed by atoms with E-state index in [1.165, 1.54) is 19.2 Å². The van der Waals surface area contributed by atoms with Gasteiger partial charge in [0.1, 0.15) is 0 Å². The van der Waals surface area contributed by atoms with Gasteiger partial charge in [0, 0.05) is 24.1 Å². The lowest BCUT2D eigenvalue weighted by atomic mass is 9.89. The molecule has 0 aromatic heterocycles. The zero-order chi connectivity index (χ0) is 23.0. The number of hydrogen-bond acceptors (Lipinski definition) is 5. The van der Waals surface area contributed by atoms with E-state index in [1.807, 2.05) is 30.3 Å². The fourth-order valence-corrected chi connectivity index (χ4v) is 3.25. The van der Waals surface area contributed by atoms with Gasteiger partial charge in [-0.2, -0.15) is 0 Å². The molecule has 32 heavy (non-hydrogen) atoms. The van der Waals surface area contributed by atoms with E-state index in [0.717, 1.165) is 5.56 Å². The van der Waals surface area contributed by atoms with Crippen molar-refractivity contribution in [1.29, 1.82) is 0 Å². The summed E-state index contributed by atoms with van der Waals surface area (Å²) in [5.41, 5.74) is 0.316. The summed E-state index contributed by atoms with van der Waals surface area (Å²) in [6.45, 7) is 0. The molecule has 0 bridgehead atoms. The molecule has 0 saturated heterocycles. The van der Waals surface area contributed by atoms with E-state index in [4.69, 9.17) is 4.74 Å². The Morgan fingerprint density at radius 3 is 2.12 bits per heavy atom. The molecule has 0 radical (unpaired) electrons. The Hall–Kier alpha value is -4.26. The molecule has 0 fully saturated rings. The van der Waals surface area contributed by atoms with Gasteiger partial charge in [-0.05, 0) is 41.5 Å². The molecular weight excluding hydrogens is 408 g/mol. The highest BCUT2D eigenvalue weighted by Crippen LogP contribution is 2.21. The predicted molar refractivity (Wildman–Crippen MR) is 121 cm³/mol. The number of esters is 1. The Bertz CT molecular complexity index is 1110. The van der Waals surface area contributed by atoms with Gasteiger partial charge in [-0.25, -0.2) is 4.79 Å². The van der Waals surface area contributed by atoms with E-state index in [-0.39, 0.29) is 12.1 Å². The number of carbonyl (C=O) groups excluding carboxylic acids is 2. The van der Waals surface area contributed by atoms with Crippen LogP contribution in [-0.4, -0.2) is 29.4 Å². The Labute approximate surface area is 185 Å². The van der Waals surface area contributed by atoms with Gasteiger partial charge in [0.25, 0.3) is 11.6 Å². The maximum atomic E-state index is 13.0. The third-order valence-corrected chi connectivity index (χ3v) is 4.91. The lowest BCUT2D eigenvalue weighted by Gasteiger charge is -2.29. The molecule has 0 aliphatic carbocycles. The number of non-ortho nitro benzene ring substituents is 1. The summed E-state index contributed by atoms with van der Waals surface area (Å²) in [4.78, 5) is 36.4. The molecule has 0 aliphatic heterocycles. The van der Waals surface area contributed by atoms with E-state index in [0.29, 0.717) is 11.1 Å². The number of carbonyl (C=O) groups is 2. The molecule has 162 valence electrons. The number of methoxy groups -OCH3 is 1. The van der Waals surface area contributed by atoms with Gasteiger partial charge < -0.3 is 10.1 Å². The van der Waals surface area contributed by atoms with Gasteiger partial charge in [0.15, 0.2) is 5.54 Å². The molecule has 0 heterocycles. The van der Waals surface area contributed by atoms with Crippen molar-refractivity contribution in [2.45, 2.75) is 12.0 Å². The molecule has 3 aromatic carbocycles. The van der Waals surface area contributed by atoms with Crippen molar-refractivity contribution in [3.05, 3.63) is 118 Å². The summed E-state index contributed by atoms with van der Waals surface area (Å²) in [6.07, 6.45) is 3.35. The van der Waals surface area contributed by atoms with Crippen LogP contribution in [0.1, 0.15) is 21.5 Å². The lowest BCUT2D eigenvalue weighted by molar-refractivity contribution is -0.384. The second-order valence-corrected chi connectivity index (χ2v) is 7.13. The number of nitrogens with zero attached hydrogens (tertiary/aromatic N) is 1. The highest BCUT2D eigenvalue weighted by atomic mass is 16.6. The fourth-order valence-electron chi connectivity index (χ4n) is 3.25. The van der Waals surface area contributed by atoms with Crippen LogP contribution in [0, 0.1) is 10.1 Å². The standard InChI is InChI=1S/C25H22N2O5/c1-32-24(29)25(18-20-8-4-2-5-9-20,26-23(28)21-10-6-3-7-11-21)17-16-19-12-14-22(15-13-19)27(30)31/h2-17H,18H2,1H3,(H,26,28)/b17-16+/t25-/m0/s1. The second kappa shape index (κ2) is 10.2. The number of hydrogen-bond donors (Lipinski definition) is 1. The number of amides is 1. The van der Waals surface area contributed by atoms with Crippen molar-refractivity contribution in [2.24, 2.45) is 0 Å². The highest BCUT2D eigenvalue weighted by molar-refractivity contribution is 5.99. The number of ether oxygens (including phenoxy) is 1. The molecule has 3 rings (SSSR count). The van der Waals surface area contributed by atoms with Crippen molar-refractivity contribution >= 4 is 23.6 Å². The number of benzene rings is 3. The quantitative estimate of drug-likeness (QED) is 0.328. The second-order valence-electron chi connectivity index (χ2n) is 7.13. The largest absolute Gasteiger partial charge is 0.467 e. The van der Waals surface area contributed by atoms with Crippen molar-refractivity contribution in [3.63, 3.8) is 0 Å². The first-order chi connectivity index (χ1) is 15.4. The fraction of sp³-hybridized carbons (Fsp3) is 0.120.